The molecule has 1 aromatic heterocycles. The largest absolute Gasteiger partial charge is 0.445 e. The number of benzene rings is 1. The normalized spacial score (nSPS) is 11.8. The van der Waals surface area contributed by atoms with E-state index < -0.39 is 10.0 Å². The highest BCUT2D eigenvalue weighted by Crippen LogP contribution is 2.20. The van der Waals surface area contributed by atoms with Crippen LogP contribution >= 0.6 is 0 Å². The van der Waals surface area contributed by atoms with Gasteiger partial charge in [-0.05, 0) is 43.5 Å². The van der Waals surface area contributed by atoms with Gasteiger partial charge in [-0.3, -0.25) is 0 Å². The Morgan fingerprint density at radius 2 is 1.95 bits per heavy atom. The van der Waals surface area contributed by atoms with Crippen LogP contribution in [0.2, 0.25) is 0 Å². The van der Waals surface area contributed by atoms with Crippen molar-refractivity contribution in [3.8, 4) is 0 Å². The van der Waals surface area contributed by atoms with E-state index in [0.717, 1.165) is 5.56 Å². The van der Waals surface area contributed by atoms with Crippen molar-refractivity contribution in [1.82, 2.24) is 9.71 Å². The van der Waals surface area contributed by atoms with Gasteiger partial charge >= 0.3 is 0 Å². The lowest BCUT2D eigenvalue weighted by atomic mass is 10.1. The van der Waals surface area contributed by atoms with Crippen LogP contribution < -0.4 is 4.72 Å². The van der Waals surface area contributed by atoms with Crippen LogP contribution in [0, 0.1) is 20.8 Å². The number of hydrogen-bond donors (Lipinski definition) is 2. The summed E-state index contributed by atoms with van der Waals surface area (Å²) in [5.74, 6) is 0.932. The Morgan fingerprint density at radius 3 is 2.52 bits per heavy atom. The maximum Gasteiger partial charge on any atom is 0.241 e. The first-order valence-electron chi connectivity index (χ1n) is 6.45. The number of aliphatic hydroxyl groups excluding tert-OH is 1. The van der Waals surface area contributed by atoms with Crippen LogP contribution in [0.3, 0.4) is 0 Å². The number of aliphatic hydroxyl groups is 1. The van der Waals surface area contributed by atoms with Gasteiger partial charge in [0.05, 0.1) is 24.2 Å². The molecule has 2 aromatic rings. The lowest BCUT2D eigenvalue weighted by molar-refractivity contribution is 0.280. The molecule has 0 aliphatic rings. The zero-order chi connectivity index (χ0) is 15.6. The van der Waals surface area contributed by atoms with Crippen LogP contribution in [0.25, 0.3) is 0 Å². The van der Waals surface area contributed by atoms with Crippen molar-refractivity contribution in [3.05, 3.63) is 46.7 Å². The van der Waals surface area contributed by atoms with E-state index in [9.17, 15) is 13.5 Å². The van der Waals surface area contributed by atoms with Crippen LogP contribution in [-0.4, -0.2) is 18.5 Å². The number of sulfonamides is 1. The topological polar surface area (TPSA) is 92.4 Å². The van der Waals surface area contributed by atoms with Gasteiger partial charge in [0.15, 0.2) is 0 Å². The van der Waals surface area contributed by atoms with E-state index in [-0.39, 0.29) is 18.0 Å². The minimum Gasteiger partial charge on any atom is -0.445 e. The highest BCUT2D eigenvalue weighted by Gasteiger charge is 2.19. The molecule has 6 nitrogen and oxygen atoms in total. The summed E-state index contributed by atoms with van der Waals surface area (Å²) in [4.78, 5) is 4.10. The number of aromatic nitrogens is 1. The molecule has 0 aliphatic carbocycles. The average molecular weight is 310 g/mol. The van der Waals surface area contributed by atoms with Crippen molar-refractivity contribution in [1.29, 1.82) is 0 Å². The Hall–Kier alpha value is -1.70. The molecule has 1 aromatic carbocycles. The molecule has 0 radical (unpaired) electrons. The molecule has 0 amide bonds. The van der Waals surface area contributed by atoms with Gasteiger partial charge in [0.25, 0.3) is 0 Å². The van der Waals surface area contributed by atoms with Crippen molar-refractivity contribution in [2.75, 3.05) is 0 Å². The fourth-order valence-electron chi connectivity index (χ4n) is 2.05. The minimum absolute atomic E-state index is 0.0159. The van der Waals surface area contributed by atoms with Gasteiger partial charge in [-0.15, -0.1) is 0 Å². The highest BCUT2D eigenvalue weighted by atomic mass is 32.2. The Balaban J connectivity index is 2.27. The maximum atomic E-state index is 12.4. The molecule has 0 atom stereocenters. The van der Waals surface area contributed by atoms with Gasteiger partial charge < -0.3 is 9.52 Å². The Bertz CT molecular complexity index is 750. The monoisotopic (exact) mass is 310 g/mol. The summed E-state index contributed by atoms with van der Waals surface area (Å²) < 4.78 is 32.4. The summed E-state index contributed by atoms with van der Waals surface area (Å²) in [6, 6.07) is 3.24. The van der Waals surface area contributed by atoms with Gasteiger partial charge in [-0.25, -0.2) is 18.1 Å². The summed E-state index contributed by atoms with van der Waals surface area (Å²) in [6.45, 7) is 5.07. The maximum absolute atomic E-state index is 12.4. The van der Waals surface area contributed by atoms with Gasteiger partial charge in [0.1, 0.15) is 5.76 Å². The second kappa shape index (κ2) is 5.97. The molecule has 0 spiro atoms. The molecule has 1 heterocycles. The quantitative estimate of drug-likeness (QED) is 0.874. The number of hydrogen-bond acceptors (Lipinski definition) is 5. The number of nitrogens with zero attached hydrogens (tertiary/aromatic N) is 1. The smallest absolute Gasteiger partial charge is 0.241 e. The van der Waals surface area contributed by atoms with E-state index in [4.69, 9.17) is 4.42 Å². The van der Waals surface area contributed by atoms with Crippen molar-refractivity contribution in [3.63, 3.8) is 0 Å². The standard InChI is InChI=1S/C14H18N2O4S/c1-9-4-10(2)13(5-12(9)8-17)21(18,19)16-7-14-15-6-11(3)20-14/h4-6,16-17H,7-8H2,1-3H3. The summed E-state index contributed by atoms with van der Waals surface area (Å²) in [6.07, 6.45) is 1.53. The van der Waals surface area contributed by atoms with Crippen LogP contribution in [0.4, 0.5) is 0 Å². The second-order valence-electron chi connectivity index (χ2n) is 4.89. The van der Waals surface area contributed by atoms with Gasteiger partial charge in [0, 0.05) is 0 Å². The zero-order valence-corrected chi connectivity index (χ0v) is 13.0. The van der Waals surface area contributed by atoms with Crippen molar-refractivity contribution >= 4 is 10.0 Å². The third-order valence-electron chi connectivity index (χ3n) is 3.18. The number of oxazole rings is 1. The third kappa shape index (κ3) is 3.49. The molecule has 7 heteroatoms. The molecule has 0 saturated heterocycles. The number of nitrogens with one attached hydrogen (secondary N) is 1. The Morgan fingerprint density at radius 1 is 1.24 bits per heavy atom. The molecule has 0 unspecified atom stereocenters. The van der Waals surface area contributed by atoms with Crippen molar-refractivity contribution < 1.29 is 17.9 Å². The molecule has 2 N–H and O–H groups in total. The van der Waals surface area contributed by atoms with Crippen molar-refractivity contribution in [2.45, 2.75) is 38.8 Å². The van der Waals surface area contributed by atoms with Crippen molar-refractivity contribution in [2.24, 2.45) is 0 Å². The van der Waals surface area contributed by atoms with Gasteiger partial charge in [0.2, 0.25) is 15.9 Å². The fourth-order valence-corrected chi connectivity index (χ4v) is 3.30. The summed E-state index contributed by atoms with van der Waals surface area (Å²) in [5.41, 5.74) is 2.08. The predicted octanol–water partition coefficient (Wildman–Crippen LogP) is 1.57. The highest BCUT2D eigenvalue weighted by molar-refractivity contribution is 7.89. The first-order chi connectivity index (χ1) is 9.83. The molecule has 0 fully saturated rings. The first kappa shape index (κ1) is 15.7. The molecular formula is C14H18N2O4S. The van der Waals surface area contributed by atoms with E-state index >= 15 is 0 Å². The van der Waals surface area contributed by atoms with E-state index in [2.05, 4.69) is 9.71 Å². The molecule has 2 rings (SSSR count). The predicted molar refractivity (Wildman–Crippen MR) is 77.1 cm³/mol. The molecular weight excluding hydrogens is 292 g/mol. The van der Waals surface area contributed by atoms with Gasteiger partial charge in [-0.2, -0.15) is 0 Å². The molecule has 21 heavy (non-hydrogen) atoms. The van der Waals surface area contributed by atoms with E-state index in [1.54, 1.807) is 19.9 Å². The van der Waals surface area contributed by atoms with E-state index in [0.29, 0.717) is 22.8 Å². The molecule has 114 valence electrons. The lowest BCUT2D eigenvalue weighted by Crippen LogP contribution is -2.24. The summed E-state index contributed by atoms with van der Waals surface area (Å²) >= 11 is 0. The first-order valence-corrected chi connectivity index (χ1v) is 7.94. The number of rotatable bonds is 5. The van der Waals surface area contributed by atoms with Crippen LogP contribution in [0.15, 0.2) is 27.6 Å². The molecule has 0 bridgehead atoms. The molecule has 0 aliphatic heterocycles. The lowest BCUT2D eigenvalue weighted by Gasteiger charge is -2.12. The van der Waals surface area contributed by atoms with Gasteiger partial charge in [-0.1, -0.05) is 6.07 Å². The van der Waals surface area contributed by atoms with Crippen LogP contribution in [-0.2, 0) is 23.2 Å². The van der Waals surface area contributed by atoms with Crippen LogP contribution in [0.5, 0.6) is 0 Å². The SMILES string of the molecule is Cc1cnc(CNS(=O)(=O)c2cc(CO)c(C)cc2C)o1. The third-order valence-corrected chi connectivity index (χ3v) is 4.72. The number of aryl methyl sites for hydroxylation is 3. The average Bonchev–Trinajstić information content (AvgIpc) is 2.82. The summed E-state index contributed by atoms with van der Waals surface area (Å²) in [7, 11) is -3.69. The second-order valence-corrected chi connectivity index (χ2v) is 6.63. The zero-order valence-electron chi connectivity index (χ0n) is 12.2. The summed E-state index contributed by atoms with van der Waals surface area (Å²) in [5, 5.41) is 9.27. The van der Waals surface area contributed by atoms with E-state index in [1.807, 2.05) is 6.92 Å². The molecule has 0 saturated carbocycles. The van der Waals surface area contributed by atoms with Crippen LogP contribution in [0.1, 0.15) is 28.3 Å². The Kier molecular flexibility index (Phi) is 4.46. The Labute approximate surface area is 123 Å². The fraction of sp³-hybridized carbons (Fsp3) is 0.357. The van der Waals surface area contributed by atoms with E-state index in [1.165, 1.54) is 12.3 Å². The minimum atomic E-state index is -3.69.